The molecular weight excluding hydrogens is 430 g/mol. The third-order valence-corrected chi connectivity index (χ3v) is 5.47. The molecule has 2 aliphatic rings. The first kappa shape index (κ1) is 27.0. The van der Waals surface area contributed by atoms with Crippen molar-refractivity contribution in [2.75, 3.05) is 32.9 Å². The average molecular weight is 462 g/mol. The molecule has 0 bridgehead atoms. The number of esters is 1. The number of piperazine rings is 2. The number of nitrogens with zero attached hydrogens (tertiary/aromatic N) is 3. The summed E-state index contributed by atoms with van der Waals surface area (Å²) in [6.07, 6.45) is 0.445. The molecule has 176 valence electrons. The quantitative estimate of drug-likeness (QED) is 0.332. The van der Waals surface area contributed by atoms with Crippen LogP contribution in [-0.2, 0) is 28.7 Å². The standard InChI is InChI=1S/C19H31N5O6.ClH/c1-11(2)5-14(20)19(29)30-10-24-17(27)8-23(9-18(24)28)13(4)12(3)22-6-15(25)21-16(26)7-22;/h11-14H,5-10,20H2,1-4H3,(H,21,25,26);1H/t12?,13?,14-;/m0./s1. The first-order valence-corrected chi connectivity index (χ1v) is 10.1. The number of halogens is 1. The Balaban J connectivity index is 0.00000480. The van der Waals surface area contributed by atoms with Crippen LogP contribution in [0.1, 0.15) is 34.1 Å². The molecule has 0 aromatic rings. The van der Waals surface area contributed by atoms with Gasteiger partial charge in [0.25, 0.3) is 0 Å². The lowest BCUT2D eigenvalue weighted by Crippen LogP contribution is -2.62. The molecule has 0 aliphatic carbocycles. The van der Waals surface area contributed by atoms with Crippen molar-refractivity contribution in [1.82, 2.24) is 20.0 Å². The topological polar surface area (TPSA) is 142 Å². The van der Waals surface area contributed by atoms with Crippen molar-refractivity contribution in [2.24, 2.45) is 11.7 Å². The fourth-order valence-electron chi connectivity index (χ4n) is 3.54. The molecule has 0 radical (unpaired) electrons. The van der Waals surface area contributed by atoms with Gasteiger partial charge in [0.1, 0.15) is 6.04 Å². The molecule has 2 heterocycles. The van der Waals surface area contributed by atoms with Crippen molar-refractivity contribution >= 4 is 42.0 Å². The van der Waals surface area contributed by atoms with Gasteiger partial charge < -0.3 is 10.5 Å². The van der Waals surface area contributed by atoms with Gasteiger partial charge in [-0.2, -0.15) is 0 Å². The minimum Gasteiger partial charge on any atom is -0.443 e. The number of amides is 4. The van der Waals surface area contributed by atoms with E-state index in [0.717, 1.165) is 4.90 Å². The number of carbonyl (C=O) groups is 5. The van der Waals surface area contributed by atoms with Gasteiger partial charge in [-0.15, -0.1) is 12.4 Å². The summed E-state index contributed by atoms with van der Waals surface area (Å²) in [6.45, 7) is 7.14. The van der Waals surface area contributed by atoms with E-state index >= 15 is 0 Å². The van der Waals surface area contributed by atoms with Crippen LogP contribution in [0.4, 0.5) is 0 Å². The van der Waals surface area contributed by atoms with Crippen molar-refractivity contribution in [3.63, 3.8) is 0 Å². The van der Waals surface area contributed by atoms with Gasteiger partial charge >= 0.3 is 5.97 Å². The van der Waals surface area contributed by atoms with Gasteiger partial charge in [-0.3, -0.25) is 39.1 Å². The molecule has 0 spiro atoms. The summed E-state index contributed by atoms with van der Waals surface area (Å²) >= 11 is 0. The van der Waals surface area contributed by atoms with E-state index in [4.69, 9.17) is 10.5 Å². The van der Waals surface area contributed by atoms with Gasteiger partial charge in [0.05, 0.1) is 26.2 Å². The highest BCUT2D eigenvalue weighted by molar-refractivity contribution is 6.00. The Morgan fingerprint density at radius 1 is 0.935 bits per heavy atom. The highest BCUT2D eigenvalue weighted by Gasteiger charge is 2.38. The highest BCUT2D eigenvalue weighted by Crippen LogP contribution is 2.16. The fraction of sp³-hybridized carbons (Fsp3) is 0.737. The minimum absolute atomic E-state index is 0. The number of imide groups is 2. The number of hydrogen-bond donors (Lipinski definition) is 2. The van der Waals surface area contributed by atoms with Crippen LogP contribution in [0.25, 0.3) is 0 Å². The van der Waals surface area contributed by atoms with E-state index in [9.17, 15) is 24.0 Å². The van der Waals surface area contributed by atoms with Crippen LogP contribution >= 0.6 is 12.4 Å². The zero-order chi connectivity index (χ0) is 22.6. The lowest BCUT2D eigenvalue weighted by molar-refractivity contribution is -0.165. The van der Waals surface area contributed by atoms with Crippen LogP contribution in [0.15, 0.2) is 0 Å². The molecule has 31 heavy (non-hydrogen) atoms. The monoisotopic (exact) mass is 461 g/mol. The molecule has 2 saturated heterocycles. The van der Waals surface area contributed by atoms with Gasteiger partial charge in [-0.05, 0) is 26.2 Å². The molecule has 3 N–H and O–H groups in total. The van der Waals surface area contributed by atoms with Gasteiger partial charge in [-0.25, -0.2) is 4.90 Å². The summed E-state index contributed by atoms with van der Waals surface area (Å²) in [7, 11) is 0. The van der Waals surface area contributed by atoms with Crippen LogP contribution in [0.3, 0.4) is 0 Å². The molecule has 0 aromatic carbocycles. The molecule has 3 atom stereocenters. The Morgan fingerprint density at radius 3 is 1.84 bits per heavy atom. The Labute approximate surface area is 188 Å². The van der Waals surface area contributed by atoms with E-state index in [-0.39, 0.29) is 68.4 Å². The number of hydrogen-bond acceptors (Lipinski definition) is 9. The maximum atomic E-state index is 12.5. The van der Waals surface area contributed by atoms with Gasteiger partial charge in [0.2, 0.25) is 23.6 Å². The third kappa shape index (κ3) is 7.23. The first-order valence-electron chi connectivity index (χ1n) is 10.1. The van der Waals surface area contributed by atoms with E-state index < -0.39 is 30.6 Å². The largest absolute Gasteiger partial charge is 0.443 e. The Kier molecular flexibility index (Phi) is 10.0. The van der Waals surface area contributed by atoms with Crippen LogP contribution in [0.2, 0.25) is 0 Å². The zero-order valence-electron chi connectivity index (χ0n) is 18.3. The molecule has 11 nitrogen and oxygen atoms in total. The van der Waals surface area contributed by atoms with Crippen molar-refractivity contribution in [1.29, 1.82) is 0 Å². The minimum atomic E-state index is -0.804. The van der Waals surface area contributed by atoms with Gasteiger partial charge in [-0.1, -0.05) is 13.8 Å². The zero-order valence-corrected chi connectivity index (χ0v) is 19.1. The number of ether oxygens (including phenoxy) is 1. The average Bonchev–Trinajstić information content (AvgIpc) is 2.64. The van der Waals surface area contributed by atoms with Crippen LogP contribution in [0, 0.1) is 5.92 Å². The first-order chi connectivity index (χ1) is 14.0. The summed E-state index contributed by atoms with van der Waals surface area (Å²) < 4.78 is 5.06. The van der Waals surface area contributed by atoms with Crippen LogP contribution in [-0.4, -0.2) is 95.3 Å². The number of rotatable bonds is 8. The molecule has 2 rings (SSSR count). The predicted molar refractivity (Wildman–Crippen MR) is 113 cm³/mol. The van der Waals surface area contributed by atoms with Crippen molar-refractivity contribution in [3.05, 3.63) is 0 Å². The second-order valence-corrected chi connectivity index (χ2v) is 8.31. The molecule has 2 fully saturated rings. The van der Waals surface area contributed by atoms with E-state index in [2.05, 4.69) is 5.32 Å². The smallest absolute Gasteiger partial charge is 0.324 e. The van der Waals surface area contributed by atoms with E-state index in [1.54, 1.807) is 9.80 Å². The second-order valence-electron chi connectivity index (χ2n) is 8.31. The van der Waals surface area contributed by atoms with E-state index in [0.29, 0.717) is 6.42 Å². The Bertz CT molecular complexity index is 684. The van der Waals surface area contributed by atoms with Gasteiger partial charge in [0, 0.05) is 12.1 Å². The van der Waals surface area contributed by atoms with Crippen LogP contribution < -0.4 is 11.1 Å². The lowest BCUT2D eigenvalue weighted by Gasteiger charge is -2.41. The van der Waals surface area contributed by atoms with Crippen LogP contribution in [0.5, 0.6) is 0 Å². The molecule has 2 aliphatic heterocycles. The number of nitrogens with one attached hydrogen (secondary N) is 1. The lowest BCUT2D eigenvalue weighted by atomic mass is 10.1. The summed E-state index contributed by atoms with van der Waals surface area (Å²) in [5, 5.41) is 2.25. The van der Waals surface area contributed by atoms with E-state index in [1.807, 2.05) is 27.7 Å². The predicted octanol–water partition coefficient (Wildman–Crippen LogP) is -1.31. The van der Waals surface area contributed by atoms with Crippen molar-refractivity contribution in [2.45, 2.75) is 52.2 Å². The highest BCUT2D eigenvalue weighted by atomic mass is 35.5. The van der Waals surface area contributed by atoms with Crippen molar-refractivity contribution < 1.29 is 28.7 Å². The maximum absolute atomic E-state index is 12.5. The molecule has 0 aromatic heterocycles. The molecule has 0 saturated carbocycles. The maximum Gasteiger partial charge on any atom is 0.324 e. The van der Waals surface area contributed by atoms with E-state index in [1.165, 1.54) is 0 Å². The normalized spacial score (nSPS) is 21.4. The Hall–Kier alpha value is -2.08. The SMILES string of the molecule is CC(C)C[C@H](N)C(=O)OCN1C(=O)CN(C(C)C(C)N2CC(=O)NC(=O)C2)CC1=O.Cl. The number of nitrogens with two attached hydrogens (primary N) is 1. The Morgan fingerprint density at radius 2 is 1.39 bits per heavy atom. The molecule has 4 amide bonds. The third-order valence-electron chi connectivity index (χ3n) is 5.47. The van der Waals surface area contributed by atoms with Gasteiger partial charge in [0.15, 0.2) is 6.73 Å². The second kappa shape index (κ2) is 11.5. The molecular formula is C19H32ClN5O6. The molecule has 2 unspecified atom stereocenters. The summed E-state index contributed by atoms with van der Waals surface area (Å²) in [5.74, 6) is -2.16. The number of carbonyl (C=O) groups excluding carboxylic acids is 5. The summed E-state index contributed by atoms with van der Waals surface area (Å²) in [4.78, 5) is 64.5. The van der Waals surface area contributed by atoms with Crippen molar-refractivity contribution in [3.8, 4) is 0 Å². The fourth-order valence-corrected chi connectivity index (χ4v) is 3.54. The summed E-state index contributed by atoms with van der Waals surface area (Å²) in [5.41, 5.74) is 5.76. The molecule has 12 heteroatoms. The summed E-state index contributed by atoms with van der Waals surface area (Å²) in [6, 6.07) is -1.30.